The minimum Gasteiger partial charge on any atom is -0.461 e. The van der Waals surface area contributed by atoms with Crippen molar-refractivity contribution in [3.05, 3.63) is 23.7 Å². The maximum absolute atomic E-state index is 12.4. The third kappa shape index (κ3) is 3.64. The highest BCUT2D eigenvalue weighted by Crippen LogP contribution is 2.27. The molecule has 0 aliphatic carbocycles. The van der Waals surface area contributed by atoms with E-state index in [1.165, 1.54) is 12.3 Å². The minimum absolute atomic E-state index is 0.147. The van der Waals surface area contributed by atoms with Crippen molar-refractivity contribution in [1.82, 2.24) is 4.90 Å². The van der Waals surface area contributed by atoms with E-state index in [9.17, 15) is 27.6 Å². The zero-order chi connectivity index (χ0) is 18.1. The summed E-state index contributed by atoms with van der Waals surface area (Å²) in [6.07, 6.45) is -3.80. The second-order valence-electron chi connectivity index (χ2n) is 5.55. The van der Waals surface area contributed by atoms with Gasteiger partial charge in [0.2, 0.25) is 11.7 Å². The van der Waals surface area contributed by atoms with E-state index in [2.05, 4.69) is 0 Å². The molecule has 0 unspecified atom stereocenters. The molecule has 0 spiro atoms. The lowest BCUT2D eigenvalue weighted by Gasteiger charge is -2.18. The second-order valence-corrected chi connectivity index (χ2v) is 5.55. The van der Waals surface area contributed by atoms with Gasteiger partial charge in [0.15, 0.2) is 17.5 Å². The number of rotatable bonds is 5. The van der Waals surface area contributed by atoms with Crippen LogP contribution in [0.25, 0.3) is 0 Å². The molecule has 0 bridgehead atoms. The van der Waals surface area contributed by atoms with Crippen molar-refractivity contribution in [2.45, 2.75) is 19.5 Å². The summed E-state index contributed by atoms with van der Waals surface area (Å²) in [5.74, 6) is -5.53. The maximum Gasteiger partial charge on any atom is 0.406 e. The molecule has 0 N–H and O–H groups in total. The van der Waals surface area contributed by atoms with Crippen molar-refractivity contribution in [3.63, 3.8) is 0 Å². The largest absolute Gasteiger partial charge is 0.461 e. The van der Waals surface area contributed by atoms with Gasteiger partial charge in [0.1, 0.15) is 6.54 Å². The van der Waals surface area contributed by atoms with Crippen LogP contribution in [-0.2, 0) is 9.59 Å². The first kappa shape index (κ1) is 17.7. The van der Waals surface area contributed by atoms with Gasteiger partial charge in [-0.05, 0) is 18.6 Å². The number of hydrogen-bond acceptors (Lipinski definition) is 5. The molecule has 0 aromatic carbocycles. The third-order valence-electron chi connectivity index (χ3n) is 3.75. The molecule has 1 aliphatic rings. The summed E-state index contributed by atoms with van der Waals surface area (Å²) < 4.78 is 42.1. The van der Waals surface area contributed by atoms with Gasteiger partial charge in [-0.2, -0.15) is 18.4 Å². The van der Waals surface area contributed by atoms with E-state index in [4.69, 9.17) is 9.68 Å². The molecule has 24 heavy (non-hydrogen) atoms. The molecule has 6 nitrogen and oxygen atoms in total. The minimum atomic E-state index is -4.58. The van der Waals surface area contributed by atoms with Gasteiger partial charge >= 0.3 is 6.18 Å². The number of hydrogen-bond donors (Lipinski definition) is 0. The monoisotopic (exact) mass is 342 g/mol. The Kier molecular flexibility index (Phi) is 4.78. The number of nitriles is 1. The van der Waals surface area contributed by atoms with Crippen LogP contribution in [0.4, 0.5) is 13.2 Å². The predicted molar refractivity (Wildman–Crippen MR) is 72.6 cm³/mol. The number of furan rings is 1. The summed E-state index contributed by atoms with van der Waals surface area (Å²) in [7, 11) is 0. The Hall–Kier alpha value is -2.63. The van der Waals surface area contributed by atoms with Crippen LogP contribution in [0.15, 0.2) is 16.7 Å². The van der Waals surface area contributed by atoms with Crippen molar-refractivity contribution in [2.75, 3.05) is 13.1 Å². The molecule has 2 heterocycles. The number of carbonyl (C=O) groups excluding carboxylic acids is 3. The summed E-state index contributed by atoms with van der Waals surface area (Å²) >= 11 is 0. The molecule has 128 valence electrons. The van der Waals surface area contributed by atoms with E-state index >= 15 is 0 Å². The van der Waals surface area contributed by atoms with Gasteiger partial charge < -0.3 is 9.32 Å². The van der Waals surface area contributed by atoms with E-state index < -0.39 is 55.0 Å². The fourth-order valence-corrected chi connectivity index (χ4v) is 2.58. The zero-order valence-corrected chi connectivity index (χ0v) is 12.6. The van der Waals surface area contributed by atoms with Gasteiger partial charge in [-0.1, -0.05) is 0 Å². The number of amides is 1. The fraction of sp³-hybridized carbons (Fsp3) is 0.467. The average molecular weight is 342 g/mol. The molecule has 1 aliphatic heterocycles. The van der Waals surface area contributed by atoms with Gasteiger partial charge in [0.05, 0.1) is 12.3 Å². The van der Waals surface area contributed by atoms with Crippen LogP contribution in [0.3, 0.4) is 0 Å². The van der Waals surface area contributed by atoms with Gasteiger partial charge in [0.25, 0.3) is 0 Å². The van der Waals surface area contributed by atoms with Crippen LogP contribution in [-0.4, -0.2) is 41.6 Å². The van der Waals surface area contributed by atoms with Crippen LogP contribution in [0, 0.1) is 30.1 Å². The highest BCUT2D eigenvalue weighted by atomic mass is 19.4. The van der Waals surface area contributed by atoms with E-state index in [-0.39, 0.29) is 5.76 Å². The average Bonchev–Trinajstić information content (AvgIpc) is 3.04. The lowest BCUT2D eigenvalue weighted by atomic mass is 9.88. The van der Waals surface area contributed by atoms with Gasteiger partial charge in [0, 0.05) is 18.9 Å². The molecular formula is C15H13F3N2O4. The number of aryl methyl sites for hydroxylation is 1. The smallest absolute Gasteiger partial charge is 0.406 e. The fourth-order valence-electron chi connectivity index (χ4n) is 2.58. The predicted octanol–water partition coefficient (Wildman–Crippen LogP) is 1.89. The molecule has 1 fully saturated rings. The first-order valence-corrected chi connectivity index (χ1v) is 7.00. The molecule has 2 rings (SSSR count). The van der Waals surface area contributed by atoms with Gasteiger partial charge in [-0.15, -0.1) is 0 Å². The van der Waals surface area contributed by atoms with Crippen molar-refractivity contribution >= 4 is 17.5 Å². The Labute approximate surface area is 134 Å². The lowest BCUT2D eigenvalue weighted by Crippen LogP contribution is -2.36. The summed E-state index contributed by atoms with van der Waals surface area (Å²) in [4.78, 5) is 36.7. The van der Waals surface area contributed by atoms with E-state index in [1.807, 2.05) is 0 Å². The van der Waals surface area contributed by atoms with Crippen molar-refractivity contribution in [3.8, 4) is 6.07 Å². The number of Topliss-reactive ketones (excluding diaryl/α,β-unsaturated/α-hetero) is 2. The molecule has 1 saturated heterocycles. The summed E-state index contributed by atoms with van der Waals surface area (Å²) in [6.45, 7) is -0.363. The summed E-state index contributed by atoms with van der Waals surface area (Å²) in [6, 6.07) is 3.04. The Balaban J connectivity index is 2.13. The van der Waals surface area contributed by atoms with Crippen LogP contribution in [0.1, 0.15) is 22.5 Å². The Morgan fingerprint density at radius 1 is 1.50 bits per heavy atom. The maximum atomic E-state index is 12.4. The first-order chi connectivity index (χ1) is 11.1. The van der Waals surface area contributed by atoms with E-state index in [0.717, 1.165) is 0 Å². The quantitative estimate of drug-likeness (QED) is 0.602. The molecular weight excluding hydrogens is 329 g/mol. The standard InChI is InChI=1S/C15H13F3N2O4/c1-8-2-3-24-14(8)13(23)10(5-19)12(22)9-4-11(21)20(6-9)7-15(16,17)18/h2-3,9-10H,4,6-7H2,1H3/t9-,10+/m0/s1. The van der Waals surface area contributed by atoms with Gasteiger partial charge in [-0.3, -0.25) is 14.4 Å². The third-order valence-corrected chi connectivity index (χ3v) is 3.75. The number of alkyl halides is 3. The molecule has 9 heteroatoms. The van der Waals surface area contributed by atoms with Crippen LogP contribution in [0.5, 0.6) is 0 Å². The van der Waals surface area contributed by atoms with Crippen LogP contribution >= 0.6 is 0 Å². The highest BCUT2D eigenvalue weighted by Gasteiger charge is 2.44. The number of halogens is 3. The van der Waals surface area contributed by atoms with E-state index in [0.29, 0.717) is 10.5 Å². The first-order valence-electron chi connectivity index (χ1n) is 7.00. The number of ketones is 2. The number of nitrogens with zero attached hydrogens (tertiary/aromatic N) is 2. The summed E-state index contributed by atoms with van der Waals surface area (Å²) in [5.41, 5.74) is 0.439. The normalized spacial score (nSPS) is 19.2. The number of likely N-dealkylation sites (tertiary alicyclic amines) is 1. The Bertz CT molecular complexity index is 717. The number of carbonyl (C=O) groups is 3. The molecule has 1 aromatic rings. The topological polar surface area (TPSA) is 91.4 Å². The SMILES string of the molecule is Cc1ccoc1C(=O)[C@H](C#N)C(=O)[C@H]1CC(=O)N(CC(F)(F)F)C1. The summed E-state index contributed by atoms with van der Waals surface area (Å²) in [5, 5.41) is 9.12. The second kappa shape index (κ2) is 6.47. The van der Waals surface area contributed by atoms with Crippen molar-refractivity contribution in [1.29, 1.82) is 5.26 Å². The van der Waals surface area contributed by atoms with Crippen molar-refractivity contribution in [2.24, 2.45) is 11.8 Å². The highest BCUT2D eigenvalue weighted by molar-refractivity contribution is 6.13. The molecule has 0 saturated carbocycles. The molecule has 2 atom stereocenters. The van der Waals surface area contributed by atoms with Crippen LogP contribution in [0.2, 0.25) is 0 Å². The molecule has 1 amide bonds. The Morgan fingerprint density at radius 3 is 2.67 bits per heavy atom. The van der Waals surface area contributed by atoms with Gasteiger partial charge in [-0.25, -0.2) is 0 Å². The molecule has 1 aromatic heterocycles. The van der Waals surface area contributed by atoms with E-state index in [1.54, 1.807) is 13.0 Å². The molecule has 0 radical (unpaired) electrons. The lowest BCUT2D eigenvalue weighted by molar-refractivity contribution is -0.157. The van der Waals surface area contributed by atoms with Crippen molar-refractivity contribution < 1.29 is 32.0 Å². The Morgan fingerprint density at radius 2 is 2.17 bits per heavy atom. The zero-order valence-electron chi connectivity index (χ0n) is 12.6. The van der Waals surface area contributed by atoms with Crippen LogP contribution < -0.4 is 0 Å².